The highest BCUT2D eigenvalue weighted by molar-refractivity contribution is 5.98. The molecule has 0 unspecified atom stereocenters. The fourth-order valence-electron chi connectivity index (χ4n) is 3.84. The second-order valence-corrected chi connectivity index (χ2v) is 7.57. The van der Waals surface area contributed by atoms with Crippen molar-refractivity contribution < 1.29 is 13.6 Å². The number of aryl methyl sites for hydroxylation is 2. The zero-order valence-corrected chi connectivity index (χ0v) is 16.7. The number of hydrogen-bond donors (Lipinski definition) is 1. The Bertz CT molecular complexity index is 966. The van der Waals surface area contributed by atoms with Crippen molar-refractivity contribution in [2.45, 2.75) is 19.9 Å². The van der Waals surface area contributed by atoms with Crippen LogP contribution in [0.4, 0.5) is 0 Å². The molecule has 1 aromatic carbocycles. The van der Waals surface area contributed by atoms with Gasteiger partial charge in [0.25, 0.3) is 5.91 Å². The molecule has 28 heavy (non-hydrogen) atoms. The average molecular weight is 381 g/mol. The number of para-hydroxylation sites is 1. The van der Waals surface area contributed by atoms with E-state index in [0.29, 0.717) is 12.3 Å². The van der Waals surface area contributed by atoms with E-state index in [1.807, 2.05) is 50.2 Å². The van der Waals surface area contributed by atoms with Crippen LogP contribution in [0.15, 0.2) is 45.2 Å². The van der Waals surface area contributed by atoms with Crippen molar-refractivity contribution in [1.29, 1.82) is 0 Å². The van der Waals surface area contributed by atoms with E-state index in [4.69, 9.17) is 8.83 Å². The zero-order valence-electron chi connectivity index (χ0n) is 16.7. The number of nitrogens with one attached hydrogen (secondary N) is 1. The lowest BCUT2D eigenvalue weighted by Crippen LogP contribution is -2.48. The van der Waals surface area contributed by atoms with Gasteiger partial charge in [-0.25, -0.2) is 0 Å². The number of furan rings is 2. The molecule has 3 heterocycles. The predicted octanol–water partition coefficient (Wildman–Crippen LogP) is 3.36. The lowest BCUT2D eigenvalue weighted by molar-refractivity contribution is 0.0831. The minimum atomic E-state index is -0.184. The molecule has 4 rings (SSSR count). The van der Waals surface area contributed by atoms with Crippen LogP contribution in [0.3, 0.4) is 0 Å². The first-order valence-electron chi connectivity index (χ1n) is 9.78. The molecule has 0 radical (unpaired) electrons. The first kappa shape index (κ1) is 18.8. The summed E-state index contributed by atoms with van der Waals surface area (Å²) in [5, 5.41) is 4.05. The Morgan fingerprint density at radius 2 is 1.82 bits per heavy atom. The first-order valence-corrected chi connectivity index (χ1v) is 9.78. The lowest BCUT2D eigenvalue weighted by atomic mass is 10.1. The van der Waals surface area contributed by atoms with E-state index >= 15 is 0 Å². The van der Waals surface area contributed by atoms with Gasteiger partial charge in [-0.3, -0.25) is 9.69 Å². The van der Waals surface area contributed by atoms with Gasteiger partial charge in [0.05, 0.1) is 6.04 Å². The topological polar surface area (TPSA) is 61.9 Å². The van der Waals surface area contributed by atoms with Crippen molar-refractivity contribution in [3.8, 4) is 0 Å². The third-order valence-electron chi connectivity index (χ3n) is 5.57. The van der Waals surface area contributed by atoms with Gasteiger partial charge in [0.1, 0.15) is 17.1 Å². The number of amides is 1. The van der Waals surface area contributed by atoms with Gasteiger partial charge in [0.15, 0.2) is 5.76 Å². The SMILES string of the molecule is Cc1ccc([C@H](CNC(=O)c2oc3ccccc3c2C)N2CCN(C)CC2)o1. The summed E-state index contributed by atoms with van der Waals surface area (Å²) in [6.07, 6.45) is 0. The quantitative estimate of drug-likeness (QED) is 0.734. The molecule has 0 aliphatic carbocycles. The van der Waals surface area contributed by atoms with Crippen LogP contribution in [0.5, 0.6) is 0 Å². The fourth-order valence-corrected chi connectivity index (χ4v) is 3.84. The highest BCUT2D eigenvalue weighted by Crippen LogP contribution is 2.26. The molecular weight excluding hydrogens is 354 g/mol. The molecule has 2 aromatic heterocycles. The van der Waals surface area contributed by atoms with E-state index in [1.54, 1.807) is 0 Å². The molecule has 1 saturated heterocycles. The summed E-state index contributed by atoms with van der Waals surface area (Å²) < 4.78 is 11.7. The van der Waals surface area contributed by atoms with Gasteiger partial charge in [-0.2, -0.15) is 0 Å². The van der Waals surface area contributed by atoms with Crippen molar-refractivity contribution in [1.82, 2.24) is 15.1 Å². The molecule has 6 heteroatoms. The van der Waals surface area contributed by atoms with Crippen LogP contribution in [-0.2, 0) is 0 Å². The van der Waals surface area contributed by atoms with Crippen molar-refractivity contribution in [3.63, 3.8) is 0 Å². The van der Waals surface area contributed by atoms with Crippen LogP contribution in [-0.4, -0.2) is 55.5 Å². The molecule has 3 aromatic rings. The number of nitrogens with zero attached hydrogens (tertiary/aromatic N) is 2. The smallest absolute Gasteiger partial charge is 0.287 e. The van der Waals surface area contributed by atoms with Crippen molar-refractivity contribution >= 4 is 16.9 Å². The molecule has 6 nitrogen and oxygen atoms in total. The standard InChI is InChI=1S/C22H27N3O3/c1-15-8-9-20(27-15)18(25-12-10-24(3)11-13-25)14-23-22(26)21-16(2)17-6-4-5-7-19(17)28-21/h4-9,18H,10-14H2,1-3H3,(H,23,26)/t18-/m0/s1. The Morgan fingerprint density at radius 3 is 2.50 bits per heavy atom. The molecular formula is C22H27N3O3. The maximum atomic E-state index is 12.8. The van der Waals surface area contributed by atoms with Crippen molar-refractivity contribution in [2.75, 3.05) is 39.8 Å². The number of likely N-dealkylation sites (N-methyl/N-ethyl adjacent to an activating group) is 1. The minimum absolute atomic E-state index is 0.0102. The van der Waals surface area contributed by atoms with E-state index in [2.05, 4.69) is 22.2 Å². The van der Waals surface area contributed by atoms with Crippen LogP contribution in [0, 0.1) is 13.8 Å². The lowest BCUT2D eigenvalue weighted by Gasteiger charge is -2.37. The molecule has 1 amide bonds. The first-order chi connectivity index (χ1) is 13.5. The highest BCUT2D eigenvalue weighted by Gasteiger charge is 2.27. The highest BCUT2D eigenvalue weighted by atomic mass is 16.3. The summed E-state index contributed by atoms with van der Waals surface area (Å²) in [7, 11) is 2.13. The number of hydrogen-bond acceptors (Lipinski definition) is 5. The largest absolute Gasteiger partial charge is 0.465 e. The molecule has 1 atom stereocenters. The molecule has 1 fully saturated rings. The van der Waals surface area contributed by atoms with Gasteiger partial charge < -0.3 is 19.1 Å². The minimum Gasteiger partial charge on any atom is -0.465 e. The number of benzene rings is 1. The number of carbonyl (C=O) groups is 1. The average Bonchev–Trinajstić information content (AvgIpc) is 3.27. The number of rotatable bonds is 5. The Labute approximate surface area is 165 Å². The van der Waals surface area contributed by atoms with E-state index < -0.39 is 0 Å². The molecule has 1 N–H and O–H groups in total. The summed E-state index contributed by atoms with van der Waals surface area (Å²) in [6, 6.07) is 11.7. The Morgan fingerprint density at radius 1 is 1.07 bits per heavy atom. The summed E-state index contributed by atoms with van der Waals surface area (Å²) >= 11 is 0. The van der Waals surface area contributed by atoms with Crippen LogP contribution >= 0.6 is 0 Å². The van der Waals surface area contributed by atoms with Crippen LogP contribution in [0.25, 0.3) is 11.0 Å². The summed E-state index contributed by atoms with van der Waals surface area (Å²) in [5.74, 6) is 1.97. The van der Waals surface area contributed by atoms with E-state index in [0.717, 1.165) is 54.2 Å². The molecule has 0 saturated carbocycles. The third-order valence-corrected chi connectivity index (χ3v) is 5.57. The van der Waals surface area contributed by atoms with Crippen LogP contribution in [0.1, 0.15) is 33.7 Å². The molecule has 0 spiro atoms. The van der Waals surface area contributed by atoms with Gasteiger partial charge in [0.2, 0.25) is 0 Å². The molecule has 1 aliphatic rings. The van der Waals surface area contributed by atoms with Gasteiger partial charge in [0, 0.05) is 43.7 Å². The second kappa shape index (κ2) is 7.81. The fraction of sp³-hybridized carbons (Fsp3) is 0.409. The molecule has 0 bridgehead atoms. The van der Waals surface area contributed by atoms with Gasteiger partial charge in [-0.1, -0.05) is 18.2 Å². The van der Waals surface area contributed by atoms with Gasteiger partial charge >= 0.3 is 0 Å². The maximum absolute atomic E-state index is 12.8. The normalized spacial score (nSPS) is 17.1. The Balaban J connectivity index is 1.51. The van der Waals surface area contributed by atoms with Gasteiger partial charge in [-0.15, -0.1) is 0 Å². The number of carbonyl (C=O) groups excluding carboxylic acids is 1. The summed E-state index contributed by atoms with van der Waals surface area (Å²) in [4.78, 5) is 17.5. The third kappa shape index (κ3) is 3.70. The van der Waals surface area contributed by atoms with E-state index in [1.165, 1.54) is 0 Å². The second-order valence-electron chi connectivity index (χ2n) is 7.57. The summed E-state index contributed by atoms with van der Waals surface area (Å²) in [5.41, 5.74) is 1.61. The van der Waals surface area contributed by atoms with Crippen molar-refractivity contribution in [3.05, 3.63) is 59.2 Å². The summed E-state index contributed by atoms with van der Waals surface area (Å²) in [6.45, 7) is 8.25. The zero-order chi connectivity index (χ0) is 19.7. The number of piperazine rings is 1. The van der Waals surface area contributed by atoms with Gasteiger partial charge in [-0.05, 0) is 39.1 Å². The van der Waals surface area contributed by atoms with E-state index in [9.17, 15) is 4.79 Å². The van der Waals surface area contributed by atoms with E-state index in [-0.39, 0.29) is 11.9 Å². The Kier molecular flexibility index (Phi) is 5.24. The molecule has 148 valence electrons. The van der Waals surface area contributed by atoms with Crippen LogP contribution < -0.4 is 5.32 Å². The number of fused-ring (bicyclic) bond motifs is 1. The maximum Gasteiger partial charge on any atom is 0.287 e. The Hall–Kier alpha value is -2.57. The molecule has 1 aliphatic heterocycles. The monoisotopic (exact) mass is 381 g/mol. The van der Waals surface area contributed by atoms with Crippen LogP contribution in [0.2, 0.25) is 0 Å². The van der Waals surface area contributed by atoms with Crippen molar-refractivity contribution in [2.24, 2.45) is 0 Å². The predicted molar refractivity (Wildman–Crippen MR) is 109 cm³/mol.